The molecule has 5 aromatic rings. The summed E-state index contributed by atoms with van der Waals surface area (Å²) in [6, 6.07) is 20.6. The van der Waals surface area contributed by atoms with E-state index in [9.17, 15) is 9.59 Å². The highest BCUT2D eigenvalue weighted by Crippen LogP contribution is 2.40. The van der Waals surface area contributed by atoms with E-state index in [0.717, 1.165) is 67.3 Å². The van der Waals surface area contributed by atoms with Crippen LogP contribution in [0.15, 0.2) is 60.7 Å². The molecule has 0 atom stereocenters. The van der Waals surface area contributed by atoms with Crippen LogP contribution in [0.25, 0.3) is 32.8 Å². The first-order chi connectivity index (χ1) is 24.4. The maximum Gasteiger partial charge on any atom is 0.410 e. The number of rotatable bonds is 15. The summed E-state index contributed by atoms with van der Waals surface area (Å²) in [5, 5.41) is 12.0. The van der Waals surface area contributed by atoms with E-state index in [1.165, 1.54) is 0 Å². The van der Waals surface area contributed by atoms with Crippen LogP contribution >= 0.6 is 15.9 Å². The van der Waals surface area contributed by atoms with Crippen LogP contribution in [0.5, 0.6) is 5.75 Å². The van der Waals surface area contributed by atoms with E-state index < -0.39 is 5.60 Å². The zero-order chi connectivity index (χ0) is 36.7. The van der Waals surface area contributed by atoms with Crippen molar-refractivity contribution < 1.29 is 23.8 Å². The Morgan fingerprint density at radius 2 is 1.71 bits per heavy atom. The number of carbonyl (C=O) groups is 2. The number of alkyl halides is 1. The highest BCUT2D eigenvalue weighted by molar-refractivity contribution is 9.09. The fourth-order valence-electron chi connectivity index (χ4n) is 6.62. The molecular weight excluding hydrogens is 708 g/mol. The van der Waals surface area contributed by atoms with Crippen LogP contribution in [0.2, 0.25) is 0 Å². The quantitative estimate of drug-likeness (QED) is 0.0649. The van der Waals surface area contributed by atoms with Crippen LogP contribution in [-0.4, -0.2) is 69.5 Å². The number of fused-ring (bicyclic) bond motifs is 2. The molecule has 1 amide bonds. The summed E-state index contributed by atoms with van der Waals surface area (Å²) in [6.45, 7) is 13.4. The van der Waals surface area contributed by atoms with Crippen molar-refractivity contribution in [1.82, 2.24) is 19.7 Å². The number of para-hydroxylation sites is 1. The van der Waals surface area contributed by atoms with Gasteiger partial charge in [0.15, 0.2) is 0 Å². The molecule has 51 heavy (non-hydrogen) atoms. The molecule has 10 heteroatoms. The normalized spacial score (nSPS) is 11.8. The van der Waals surface area contributed by atoms with Crippen molar-refractivity contribution in [2.45, 2.75) is 85.3 Å². The van der Waals surface area contributed by atoms with Gasteiger partial charge in [0, 0.05) is 59.5 Å². The number of halogens is 1. The molecule has 0 radical (unpaired) electrons. The molecule has 272 valence electrons. The number of aryl methyl sites for hydroxylation is 3. The van der Waals surface area contributed by atoms with E-state index in [-0.39, 0.29) is 24.6 Å². The lowest BCUT2D eigenvalue weighted by atomic mass is 9.94. The van der Waals surface area contributed by atoms with Crippen LogP contribution < -0.4 is 4.74 Å². The van der Waals surface area contributed by atoms with Crippen molar-refractivity contribution in [1.29, 1.82) is 0 Å². The van der Waals surface area contributed by atoms with E-state index in [1.54, 1.807) is 11.9 Å². The molecular formula is C41H51BrN4O5. The third-order valence-electron chi connectivity index (χ3n) is 8.86. The Bertz CT molecular complexity index is 1970. The summed E-state index contributed by atoms with van der Waals surface area (Å²) < 4.78 is 19.8. The molecule has 0 aliphatic rings. The van der Waals surface area contributed by atoms with Crippen molar-refractivity contribution in [2.75, 3.05) is 32.1 Å². The Hall–Kier alpha value is -4.31. The van der Waals surface area contributed by atoms with Gasteiger partial charge in [-0.1, -0.05) is 84.4 Å². The first kappa shape index (κ1) is 37.9. The molecule has 0 unspecified atom stereocenters. The maximum absolute atomic E-state index is 14.0. The fraction of sp³-hybridized carbons (Fsp3) is 0.439. The minimum atomic E-state index is -0.592. The minimum Gasteiger partial charge on any atom is -0.493 e. The topological polar surface area (TPSA) is 98.7 Å². The molecule has 0 fully saturated rings. The molecule has 0 bridgehead atoms. The van der Waals surface area contributed by atoms with E-state index in [4.69, 9.17) is 19.3 Å². The van der Waals surface area contributed by atoms with E-state index >= 15 is 0 Å². The van der Waals surface area contributed by atoms with Crippen LogP contribution in [-0.2, 0) is 28.9 Å². The maximum atomic E-state index is 14.0. The lowest BCUT2D eigenvalue weighted by molar-refractivity contribution is 0.0294. The lowest BCUT2D eigenvalue weighted by Gasteiger charge is -2.25. The summed E-state index contributed by atoms with van der Waals surface area (Å²) >= 11 is 3.62. The number of benzene rings is 3. The first-order valence-electron chi connectivity index (χ1n) is 17.9. The van der Waals surface area contributed by atoms with Crippen molar-refractivity contribution in [3.05, 3.63) is 83.3 Å². The second kappa shape index (κ2) is 16.8. The van der Waals surface area contributed by atoms with Gasteiger partial charge in [0.05, 0.1) is 24.4 Å². The predicted molar refractivity (Wildman–Crippen MR) is 208 cm³/mol. The molecule has 3 aromatic carbocycles. The van der Waals surface area contributed by atoms with Crippen LogP contribution in [0.4, 0.5) is 4.79 Å². The first-order valence-corrected chi connectivity index (χ1v) is 19.1. The lowest BCUT2D eigenvalue weighted by Crippen LogP contribution is -2.35. The van der Waals surface area contributed by atoms with Gasteiger partial charge in [-0.15, -0.1) is 0 Å². The van der Waals surface area contributed by atoms with E-state index in [2.05, 4.69) is 75.8 Å². The molecule has 0 spiro atoms. The number of hydrogen-bond donors (Lipinski definition) is 1. The third kappa shape index (κ3) is 8.78. The average molecular weight is 760 g/mol. The number of aromatic amines is 1. The fourth-order valence-corrected chi connectivity index (χ4v) is 7.00. The number of carbonyl (C=O) groups excluding carboxylic acids is 2. The smallest absolute Gasteiger partial charge is 0.410 e. The van der Waals surface area contributed by atoms with Gasteiger partial charge in [-0.05, 0) is 69.9 Å². The number of hydrogen-bond acceptors (Lipinski definition) is 6. The summed E-state index contributed by atoms with van der Waals surface area (Å²) in [5.74, 6) is 0.688. The highest BCUT2D eigenvalue weighted by Gasteiger charge is 2.28. The second-order valence-corrected chi connectivity index (χ2v) is 14.9. The number of esters is 1. The van der Waals surface area contributed by atoms with Gasteiger partial charge in [0.2, 0.25) is 0 Å². The predicted octanol–water partition coefficient (Wildman–Crippen LogP) is 9.69. The molecule has 0 aliphatic heterocycles. The Morgan fingerprint density at radius 3 is 2.43 bits per heavy atom. The Labute approximate surface area is 309 Å². The van der Waals surface area contributed by atoms with Crippen molar-refractivity contribution in [3.8, 4) is 16.9 Å². The third-order valence-corrected chi connectivity index (χ3v) is 9.26. The monoisotopic (exact) mass is 758 g/mol. The van der Waals surface area contributed by atoms with Crippen LogP contribution in [0, 0.1) is 0 Å². The number of aromatic nitrogens is 3. The number of nitrogens with one attached hydrogen (secondary N) is 1. The van der Waals surface area contributed by atoms with Crippen molar-refractivity contribution in [2.24, 2.45) is 0 Å². The average Bonchev–Trinajstić information content (AvgIpc) is 3.65. The van der Waals surface area contributed by atoms with Crippen molar-refractivity contribution in [3.63, 3.8) is 0 Å². The molecule has 2 heterocycles. The Kier molecular flexibility index (Phi) is 12.5. The van der Waals surface area contributed by atoms with Gasteiger partial charge in [0.25, 0.3) is 0 Å². The summed E-state index contributed by atoms with van der Waals surface area (Å²) in [6.07, 6.45) is 2.27. The second-order valence-electron chi connectivity index (χ2n) is 14.1. The number of H-pyrrole nitrogens is 1. The largest absolute Gasteiger partial charge is 0.493 e. The molecule has 1 N–H and O–H groups in total. The number of ether oxygens (including phenoxy) is 3. The number of nitrogens with zero attached hydrogens (tertiary/aromatic N) is 3. The van der Waals surface area contributed by atoms with Crippen molar-refractivity contribution >= 4 is 49.7 Å². The van der Waals surface area contributed by atoms with Gasteiger partial charge < -0.3 is 23.7 Å². The molecule has 0 aliphatic carbocycles. The molecule has 5 rings (SSSR count). The summed E-state index contributed by atoms with van der Waals surface area (Å²) in [5.41, 5.74) is 5.97. The molecule has 2 aromatic heterocycles. The molecule has 0 saturated carbocycles. The van der Waals surface area contributed by atoms with Crippen LogP contribution in [0.1, 0.15) is 87.7 Å². The molecule has 9 nitrogen and oxygen atoms in total. The molecule has 0 saturated heterocycles. The Balaban J connectivity index is 1.57. The minimum absolute atomic E-state index is 0.202. The zero-order valence-corrected chi connectivity index (χ0v) is 32.6. The van der Waals surface area contributed by atoms with Gasteiger partial charge in [-0.2, -0.15) is 5.10 Å². The van der Waals surface area contributed by atoms with Crippen LogP contribution in [0.3, 0.4) is 0 Å². The van der Waals surface area contributed by atoms with Gasteiger partial charge in [-0.3, -0.25) is 5.10 Å². The Morgan fingerprint density at radius 1 is 0.980 bits per heavy atom. The number of amides is 1. The van der Waals surface area contributed by atoms with Gasteiger partial charge >= 0.3 is 12.1 Å². The standard InChI is InChI=1S/C41H51BrN4O5/c1-8-49-39(47)38-31(20-13-26-50-34-21-11-16-28-15-9-10-17-29(28)34)30-18-12-19-32(35-33(22-23-42)43-44-36(35)27(2)3)37(30)46(38)25-14-24-45(7)40(48)51-41(4,5)6/h9-12,15-19,21,27H,8,13-14,20,22-26H2,1-7H3,(H,43,44). The highest BCUT2D eigenvalue weighted by atomic mass is 79.9. The van der Waals surface area contributed by atoms with Gasteiger partial charge in [-0.25, -0.2) is 9.59 Å². The van der Waals surface area contributed by atoms with E-state index in [1.807, 2.05) is 52.0 Å². The van der Waals surface area contributed by atoms with Gasteiger partial charge in [0.1, 0.15) is 17.0 Å². The van der Waals surface area contributed by atoms with E-state index in [0.29, 0.717) is 44.7 Å². The summed E-state index contributed by atoms with van der Waals surface area (Å²) in [4.78, 5) is 28.4. The summed E-state index contributed by atoms with van der Waals surface area (Å²) in [7, 11) is 1.74. The zero-order valence-electron chi connectivity index (χ0n) is 31.0. The SMILES string of the molecule is CCOC(=O)c1c(CCCOc2cccc3ccccc23)c2cccc(-c3c(CCBr)n[nH]c3C(C)C)c2n1CCCN(C)C(=O)OC(C)(C)C.